The first-order valence-electron chi connectivity index (χ1n) is 12.3. The molecule has 3 amide bonds. The molecular weight excluding hydrogens is 462 g/mol. The highest BCUT2D eigenvalue weighted by Gasteiger charge is 2.73. The summed E-state index contributed by atoms with van der Waals surface area (Å²) >= 11 is 1.67. The van der Waals surface area contributed by atoms with Crippen LogP contribution in [0.25, 0.3) is 0 Å². The molecule has 8 heteroatoms. The Morgan fingerprint density at radius 2 is 1.91 bits per heavy atom. The standard InChI is InChI=1S/C27H35N3O4S/c1-4-14-28(3)24(32)21-20-12-13-27(35-20)22(21)25(33)30(16-9-17-31)23(27)26(34)29(15-5-2)18-19-10-7-6-8-11-19/h4-8,10-11,20-23,31H,1-2,9,12-18H2,3H3/t20-,21+,22+,23?,27?/m1/s1. The number of carbonyl (C=O) groups is 3. The number of fused-ring (bicyclic) bond motifs is 1. The van der Waals surface area contributed by atoms with Crippen molar-refractivity contribution in [2.24, 2.45) is 11.8 Å². The van der Waals surface area contributed by atoms with Crippen LogP contribution >= 0.6 is 11.8 Å². The molecule has 1 aromatic carbocycles. The van der Waals surface area contributed by atoms with Crippen LogP contribution in [0.4, 0.5) is 0 Å². The molecule has 7 nitrogen and oxygen atoms in total. The first-order chi connectivity index (χ1) is 16.9. The number of likely N-dealkylation sites (N-methyl/N-ethyl adjacent to an activating group) is 1. The molecule has 3 aliphatic heterocycles. The first-order valence-corrected chi connectivity index (χ1v) is 13.2. The lowest BCUT2D eigenvalue weighted by Crippen LogP contribution is -2.54. The summed E-state index contributed by atoms with van der Waals surface area (Å²) in [6.07, 6.45) is 5.32. The molecular formula is C27H35N3O4S. The molecule has 2 unspecified atom stereocenters. The fourth-order valence-corrected chi connectivity index (χ4v) is 8.30. The van der Waals surface area contributed by atoms with Gasteiger partial charge in [-0.15, -0.1) is 24.9 Å². The van der Waals surface area contributed by atoms with Crippen LogP contribution in [0, 0.1) is 11.8 Å². The fraction of sp³-hybridized carbons (Fsp3) is 0.519. The summed E-state index contributed by atoms with van der Waals surface area (Å²) in [5.74, 6) is -1.26. The van der Waals surface area contributed by atoms with E-state index >= 15 is 0 Å². The van der Waals surface area contributed by atoms with Crippen LogP contribution in [-0.4, -0.2) is 86.9 Å². The van der Waals surface area contributed by atoms with E-state index in [2.05, 4.69) is 13.2 Å². The van der Waals surface area contributed by atoms with Gasteiger partial charge in [0.05, 0.1) is 16.6 Å². The second-order valence-electron chi connectivity index (χ2n) is 9.67. The van der Waals surface area contributed by atoms with Gasteiger partial charge < -0.3 is 19.8 Å². The number of thioether (sulfide) groups is 1. The third-order valence-corrected chi connectivity index (χ3v) is 9.48. The predicted octanol–water partition coefficient (Wildman–Crippen LogP) is 2.32. The van der Waals surface area contributed by atoms with Crippen molar-refractivity contribution in [3.63, 3.8) is 0 Å². The van der Waals surface area contributed by atoms with E-state index in [-0.39, 0.29) is 29.6 Å². The Morgan fingerprint density at radius 3 is 2.57 bits per heavy atom. The first kappa shape index (κ1) is 25.5. The van der Waals surface area contributed by atoms with Crippen LogP contribution in [0.15, 0.2) is 55.6 Å². The zero-order chi connectivity index (χ0) is 25.2. The largest absolute Gasteiger partial charge is 0.396 e. The van der Waals surface area contributed by atoms with Gasteiger partial charge in [0.2, 0.25) is 17.7 Å². The molecule has 2 bridgehead atoms. The van der Waals surface area contributed by atoms with E-state index < -0.39 is 22.6 Å². The van der Waals surface area contributed by atoms with Crippen LogP contribution in [0.1, 0.15) is 24.8 Å². The van der Waals surface area contributed by atoms with Crippen molar-refractivity contribution in [2.75, 3.05) is 33.3 Å². The highest BCUT2D eigenvalue weighted by Crippen LogP contribution is 2.66. The average molecular weight is 498 g/mol. The van der Waals surface area contributed by atoms with Gasteiger partial charge in [-0.2, -0.15) is 0 Å². The number of carbonyl (C=O) groups excluding carboxylic acids is 3. The lowest BCUT2D eigenvalue weighted by Gasteiger charge is -2.37. The number of amides is 3. The summed E-state index contributed by atoms with van der Waals surface area (Å²) in [6.45, 7) is 9.02. The van der Waals surface area contributed by atoms with Crippen LogP contribution < -0.4 is 0 Å². The van der Waals surface area contributed by atoms with Crippen molar-refractivity contribution in [2.45, 2.75) is 41.8 Å². The number of hydrogen-bond donors (Lipinski definition) is 1. The molecule has 3 aliphatic rings. The SMILES string of the molecule is C=CCN(C)C(=O)[C@@H]1[C@H]2C(=O)N(CCCO)C(C(=O)N(CC=C)Cc3ccccc3)C23CC[C@H]1S3. The Bertz CT molecular complexity index is 986. The van der Waals surface area contributed by atoms with Gasteiger partial charge in [0.1, 0.15) is 6.04 Å². The molecule has 1 N–H and O–H groups in total. The molecule has 0 aromatic heterocycles. The maximum Gasteiger partial charge on any atom is 0.247 e. The van der Waals surface area contributed by atoms with Gasteiger partial charge in [0.15, 0.2) is 0 Å². The van der Waals surface area contributed by atoms with Crippen molar-refractivity contribution < 1.29 is 19.5 Å². The van der Waals surface area contributed by atoms with Gasteiger partial charge in [-0.1, -0.05) is 42.5 Å². The lowest BCUT2D eigenvalue weighted by molar-refractivity contribution is -0.144. The summed E-state index contributed by atoms with van der Waals surface area (Å²) in [5, 5.41) is 9.54. The quantitative estimate of drug-likeness (QED) is 0.475. The Morgan fingerprint density at radius 1 is 1.20 bits per heavy atom. The second kappa shape index (κ2) is 10.6. The minimum absolute atomic E-state index is 0.0287. The van der Waals surface area contributed by atoms with E-state index in [1.54, 1.807) is 45.7 Å². The van der Waals surface area contributed by atoms with Crippen LogP contribution in [0.3, 0.4) is 0 Å². The van der Waals surface area contributed by atoms with Gasteiger partial charge in [-0.25, -0.2) is 0 Å². The normalized spacial score (nSPS) is 28.6. The van der Waals surface area contributed by atoms with Gasteiger partial charge in [-0.05, 0) is 24.8 Å². The van der Waals surface area contributed by atoms with E-state index in [4.69, 9.17) is 0 Å². The Kier molecular flexibility index (Phi) is 7.71. The van der Waals surface area contributed by atoms with Gasteiger partial charge in [-0.3, -0.25) is 14.4 Å². The van der Waals surface area contributed by atoms with E-state index in [0.717, 1.165) is 18.4 Å². The van der Waals surface area contributed by atoms with Gasteiger partial charge in [0, 0.05) is 45.1 Å². The number of benzene rings is 1. The van der Waals surface area contributed by atoms with Crippen molar-refractivity contribution in [1.82, 2.24) is 14.7 Å². The smallest absolute Gasteiger partial charge is 0.247 e. The lowest BCUT2D eigenvalue weighted by atomic mass is 9.70. The summed E-state index contributed by atoms with van der Waals surface area (Å²) in [5.41, 5.74) is 1.01. The zero-order valence-corrected chi connectivity index (χ0v) is 21.2. The third-order valence-electron chi connectivity index (χ3n) is 7.53. The fourth-order valence-electron chi connectivity index (χ4n) is 6.10. The summed E-state index contributed by atoms with van der Waals surface area (Å²) in [4.78, 5) is 46.6. The number of hydrogen-bond acceptors (Lipinski definition) is 5. The molecule has 1 aromatic rings. The third kappa shape index (κ3) is 4.42. The van der Waals surface area contributed by atoms with E-state index in [0.29, 0.717) is 32.6 Å². The molecule has 4 rings (SSSR count). The molecule has 0 aliphatic carbocycles. The maximum absolute atomic E-state index is 14.2. The van der Waals surface area contributed by atoms with Crippen LogP contribution in [0.5, 0.6) is 0 Å². The van der Waals surface area contributed by atoms with Crippen molar-refractivity contribution in [3.05, 3.63) is 61.2 Å². The molecule has 188 valence electrons. The second-order valence-corrected chi connectivity index (χ2v) is 11.3. The minimum Gasteiger partial charge on any atom is -0.396 e. The molecule has 3 fully saturated rings. The van der Waals surface area contributed by atoms with Crippen molar-refractivity contribution in [1.29, 1.82) is 0 Å². The Labute approximate surface area is 211 Å². The Hall–Kier alpha value is -2.58. The summed E-state index contributed by atoms with van der Waals surface area (Å²) in [7, 11) is 1.74. The predicted molar refractivity (Wildman–Crippen MR) is 137 cm³/mol. The number of aliphatic hydroxyl groups is 1. The minimum atomic E-state index is -0.660. The van der Waals surface area contributed by atoms with Gasteiger partial charge in [0.25, 0.3) is 0 Å². The summed E-state index contributed by atoms with van der Waals surface area (Å²) < 4.78 is -0.625. The number of nitrogens with zero attached hydrogens (tertiary/aromatic N) is 3. The molecule has 35 heavy (non-hydrogen) atoms. The zero-order valence-electron chi connectivity index (χ0n) is 20.3. The molecule has 0 radical (unpaired) electrons. The van der Waals surface area contributed by atoms with E-state index in [9.17, 15) is 19.5 Å². The van der Waals surface area contributed by atoms with Crippen molar-refractivity contribution >= 4 is 29.5 Å². The monoisotopic (exact) mass is 497 g/mol. The van der Waals surface area contributed by atoms with Gasteiger partial charge >= 0.3 is 0 Å². The van der Waals surface area contributed by atoms with Crippen LogP contribution in [0.2, 0.25) is 0 Å². The Balaban J connectivity index is 1.70. The maximum atomic E-state index is 14.2. The molecule has 1 spiro atoms. The number of rotatable bonds is 11. The number of likely N-dealkylation sites (tertiary alicyclic amines) is 1. The molecule has 3 heterocycles. The van der Waals surface area contributed by atoms with Crippen molar-refractivity contribution in [3.8, 4) is 0 Å². The topological polar surface area (TPSA) is 81.2 Å². The van der Waals surface area contributed by atoms with E-state index in [1.807, 2.05) is 30.3 Å². The molecule has 3 saturated heterocycles. The molecule has 5 atom stereocenters. The van der Waals surface area contributed by atoms with E-state index in [1.165, 1.54) is 0 Å². The number of aliphatic hydroxyl groups excluding tert-OH is 1. The summed E-state index contributed by atoms with van der Waals surface area (Å²) in [6, 6.07) is 9.12. The average Bonchev–Trinajstić information content (AvgIpc) is 3.50. The van der Waals surface area contributed by atoms with Crippen LogP contribution in [-0.2, 0) is 20.9 Å². The highest BCUT2D eigenvalue weighted by molar-refractivity contribution is 8.02. The highest BCUT2D eigenvalue weighted by atomic mass is 32.2. The molecule has 0 saturated carbocycles.